The van der Waals surface area contributed by atoms with Gasteiger partial charge in [0.25, 0.3) is 0 Å². The van der Waals surface area contributed by atoms with Gasteiger partial charge in [-0.2, -0.15) is 0 Å². The van der Waals surface area contributed by atoms with Crippen LogP contribution in [0.5, 0.6) is 5.75 Å². The Hall–Kier alpha value is -3.39. The van der Waals surface area contributed by atoms with E-state index in [1.165, 1.54) is 32.1 Å². The van der Waals surface area contributed by atoms with Crippen molar-refractivity contribution in [3.63, 3.8) is 0 Å². The predicted octanol–water partition coefficient (Wildman–Crippen LogP) is 7.93. The molecule has 0 aromatic heterocycles. The molecule has 0 saturated carbocycles. The van der Waals surface area contributed by atoms with Crippen molar-refractivity contribution in [2.75, 3.05) is 38.0 Å². The van der Waals surface area contributed by atoms with E-state index in [0.29, 0.717) is 0 Å². The van der Waals surface area contributed by atoms with Crippen LogP contribution in [-0.2, 0) is 4.74 Å². The Balaban J connectivity index is 0.993. The number of nitrogens with zero attached hydrogens (tertiary/aromatic N) is 1. The van der Waals surface area contributed by atoms with Gasteiger partial charge in [-0.3, -0.25) is 10.1 Å². The normalized spacial score (nSPS) is 14.0. The lowest BCUT2D eigenvalue weighted by Crippen LogP contribution is -2.38. The van der Waals surface area contributed by atoms with Crippen LogP contribution < -0.4 is 10.6 Å². The molecule has 4 rings (SSSR count). The molecule has 1 fully saturated rings. The fraction of sp³-hybridized carbons (Fsp3) is 0.429. The number of phenols is 1. The van der Waals surface area contributed by atoms with E-state index in [2.05, 4.69) is 15.5 Å². The topological polar surface area (TPSA) is 90.9 Å². The zero-order valence-corrected chi connectivity index (χ0v) is 25.7. The number of hydrogen-bond donors (Lipinski definition) is 3. The number of ketones is 1. The van der Waals surface area contributed by atoms with Gasteiger partial charge in [0.15, 0.2) is 5.78 Å². The van der Waals surface area contributed by atoms with Crippen LogP contribution in [0, 0.1) is 0 Å². The van der Waals surface area contributed by atoms with E-state index in [9.17, 15) is 14.7 Å². The maximum Gasteiger partial charge on any atom is 0.411 e. The van der Waals surface area contributed by atoms with Crippen LogP contribution >= 0.6 is 11.6 Å². The average molecular weight is 606 g/mol. The SMILES string of the molecule is O=C(Nc1ccccc1-c1ccccc1)OC1CCN(CCCCCCCCCNCC(=O)c2cccc(Cl)c2O)CC1. The molecule has 3 aromatic rings. The highest BCUT2D eigenvalue weighted by Gasteiger charge is 2.22. The average Bonchev–Trinajstić information content (AvgIpc) is 3.02. The summed E-state index contributed by atoms with van der Waals surface area (Å²) in [6.45, 7) is 4.02. The number of amides is 1. The highest BCUT2D eigenvalue weighted by molar-refractivity contribution is 6.32. The number of nitrogens with one attached hydrogen (secondary N) is 2. The Bertz CT molecular complexity index is 1300. The van der Waals surface area contributed by atoms with Gasteiger partial charge in [0.1, 0.15) is 11.9 Å². The Morgan fingerprint density at radius 2 is 1.51 bits per heavy atom. The number of ether oxygens (including phenoxy) is 1. The van der Waals surface area contributed by atoms with Gasteiger partial charge >= 0.3 is 6.09 Å². The van der Waals surface area contributed by atoms with Crippen molar-refractivity contribution in [3.05, 3.63) is 83.4 Å². The number of unbranched alkanes of at least 4 members (excludes halogenated alkanes) is 6. The van der Waals surface area contributed by atoms with Gasteiger partial charge < -0.3 is 20.1 Å². The van der Waals surface area contributed by atoms with Crippen molar-refractivity contribution in [1.82, 2.24) is 10.2 Å². The molecule has 1 aliphatic rings. The molecule has 3 N–H and O–H groups in total. The second kappa shape index (κ2) is 17.7. The van der Waals surface area contributed by atoms with E-state index in [1.54, 1.807) is 18.2 Å². The number of para-hydroxylation sites is 2. The molecule has 0 unspecified atom stereocenters. The van der Waals surface area contributed by atoms with E-state index in [0.717, 1.165) is 68.7 Å². The van der Waals surface area contributed by atoms with E-state index in [1.807, 2.05) is 54.6 Å². The zero-order chi connectivity index (χ0) is 30.3. The largest absolute Gasteiger partial charge is 0.506 e. The molecule has 230 valence electrons. The molecule has 1 saturated heterocycles. The number of anilines is 1. The molecule has 0 aliphatic carbocycles. The van der Waals surface area contributed by atoms with E-state index in [4.69, 9.17) is 16.3 Å². The van der Waals surface area contributed by atoms with Gasteiger partial charge in [-0.25, -0.2) is 4.79 Å². The second-order valence-electron chi connectivity index (χ2n) is 11.2. The number of piperidine rings is 1. The summed E-state index contributed by atoms with van der Waals surface area (Å²) in [5, 5.41) is 16.2. The van der Waals surface area contributed by atoms with Crippen molar-refractivity contribution >= 4 is 29.2 Å². The van der Waals surface area contributed by atoms with Gasteiger partial charge in [0.05, 0.1) is 22.8 Å². The van der Waals surface area contributed by atoms with Crippen molar-refractivity contribution in [2.24, 2.45) is 0 Å². The van der Waals surface area contributed by atoms with Crippen LogP contribution in [0.1, 0.15) is 68.1 Å². The highest BCUT2D eigenvalue weighted by Crippen LogP contribution is 2.28. The van der Waals surface area contributed by atoms with Crippen LogP contribution in [-0.4, -0.2) is 60.7 Å². The minimum Gasteiger partial charge on any atom is -0.506 e. The Kier molecular flexibility index (Phi) is 13.4. The Morgan fingerprint density at radius 3 is 2.28 bits per heavy atom. The first-order valence-electron chi connectivity index (χ1n) is 15.6. The van der Waals surface area contributed by atoms with Gasteiger partial charge in [-0.1, -0.05) is 98.3 Å². The number of carbonyl (C=O) groups excluding carboxylic acids is 2. The monoisotopic (exact) mass is 605 g/mol. The highest BCUT2D eigenvalue weighted by atomic mass is 35.5. The summed E-state index contributed by atoms with van der Waals surface area (Å²) in [6, 6.07) is 22.7. The molecular formula is C35H44ClN3O4. The number of benzene rings is 3. The minimum absolute atomic E-state index is 0.0447. The van der Waals surface area contributed by atoms with Crippen molar-refractivity contribution in [2.45, 2.75) is 63.9 Å². The molecule has 1 heterocycles. The summed E-state index contributed by atoms with van der Waals surface area (Å²) in [4.78, 5) is 27.4. The van der Waals surface area contributed by atoms with Crippen LogP contribution in [0.15, 0.2) is 72.8 Å². The third kappa shape index (κ3) is 10.7. The predicted molar refractivity (Wildman–Crippen MR) is 174 cm³/mol. The number of Topliss-reactive ketones (excluding diaryl/α,β-unsaturated/α-hetero) is 1. The molecule has 1 aliphatic heterocycles. The summed E-state index contributed by atoms with van der Waals surface area (Å²) < 4.78 is 5.77. The van der Waals surface area contributed by atoms with Crippen LogP contribution in [0.4, 0.5) is 10.5 Å². The molecular weight excluding hydrogens is 562 g/mol. The smallest absolute Gasteiger partial charge is 0.411 e. The number of aromatic hydroxyl groups is 1. The third-order valence-electron chi connectivity index (χ3n) is 7.96. The summed E-state index contributed by atoms with van der Waals surface area (Å²) in [6.07, 6.45) is 9.58. The van der Waals surface area contributed by atoms with Crippen molar-refractivity contribution < 1.29 is 19.4 Å². The van der Waals surface area contributed by atoms with E-state index >= 15 is 0 Å². The summed E-state index contributed by atoms with van der Waals surface area (Å²) in [5.41, 5.74) is 3.06. The second-order valence-corrected chi connectivity index (χ2v) is 11.6. The molecule has 0 spiro atoms. The lowest BCUT2D eigenvalue weighted by Gasteiger charge is -2.31. The maximum absolute atomic E-state index is 12.6. The number of rotatable bonds is 16. The molecule has 0 radical (unpaired) electrons. The molecule has 1 amide bonds. The molecule has 43 heavy (non-hydrogen) atoms. The zero-order valence-electron chi connectivity index (χ0n) is 24.9. The molecule has 0 atom stereocenters. The molecule has 8 heteroatoms. The van der Waals surface area contributed by atoms with Crippen LogP contribution in [0.3, 0.4) is 0 Å². The first kappa shape index (κ1) is 32.5. The number of phenolic OH excluding ortho intramolecular Hbond substituents is 1. The number of hydrogen-bond acceptors (Lipinski definition) is 6. The first-order valence-corrected chi connectivity index (χ1v) is 15.9. The van der Waals surface area contributed by atoms with E-state index in [-0.39, 0.29) is 40.9 Å². The Labute approximate surface area is 260 Å². The summed E-state index contributed by atoms with van der Waals surface area (Å²) in [5.74, 6) is -0.293. The molecule has 3 aromatic carbocycles. The molecule has 7 nitrogen and oxygen atoms in total. The quantitative estimate of drug-likeness (QED) is 0.113. The fourth-order valence-corrected chi connectivity index (χ4v) is 5.68. The standard InChI is InChI=1S/C35H44ClN3O4/c36-31-18-13-17-30(34(31)41)33(40)26-37-22-11-4-2-1-3-5-12-23-39-24-20-28(21-25-39)43-35(42)38-32-19-10-9-16-29(32)27-14-7-6-8-15-27/h6-10,13-19,28,37,41H,1-5,11-12,20-26H2,(H,38,42). The fourth-order valence-electron chi connectivity index (χ4n) is 5.51. The minimum atomic E-state index is -0.385. The number of halogens is 1. The van der Waals surface area contributed by atoms with E-state index < -0.39 is 0 Å². The van der Waals surface area contributed by atoms with Gasteiger partial charge in [-0.15, -0.1) is 0 Å². The van der Waals surface area contributed by atoms with Crippen molar-refractivity contribution in [3.8, 4) is 16.9 Å². The van der Waals surface area contributed by atoms with Crippen molar-refractivity contribution in [1.29, 1.82) is 0 Å². The summed E-state index contributed by atoms with van der Waals surface area (Å²) >= 11 is 5.88. The number of likely N-dealkylation sites (tertiary alicyclic amines) is 1. The molecule has 0 bridgehead atoms. The van der Waals surface area contributed by atoms with Crippen LogP contribution in [0.2, 0.25) is 5.02 Å². The van der Waals surface area contributed by atoms with Gasteiger partial charge in [-0.05, 0) is 62.5 Å². The van der Waals surface area contributed by atoms with Gasteiger partial charge in [0.2, 0.25) is 0 Å². The lowest BCUT2D eigenvalue weighted by atomic mass is 10.0. The number of carbonyl (C=O) groups is 2. The summed E-state index contributed by atoms with van der Waals surface area (Å²) in [7, 11) is 0. The first-order chi connectivity index (χ1) is 21.0. The van der Waals surface area contributed by atoms with Crippen LogP contribution in [0.25, 0.3) is 11.1 Å². The van der Waals surface area contributed by atoms with Gasteiger partial charge in [0, 0.05) is 18.7 Å². The Morgan fingerprint density at radius 1 is 0.837 bits per heavy atom. The third-order valence-corrected chi connectivity index (χ3v) is 8.26. The lowest BCUT2D eigenvalue weighted by molar-refractivity contribution is 0.0584. The maximum atomic E-state index is 12.6.